The van der Waals surface area contributed by atoms with Gasteiger partial charge in [0.2, 0.25) is 0 Å². The van der Waals surface area contributed by atoms with Gasteiger partial charge in [0, 0.05) is 35.6 Å². The Labute approximate surface area is 151 Å². The first-order valence-electron chi connectivity index (χ1n) is 7.44. The molecule has 2 heterocycles. The van der Waals surface area contributed by atoms with Crippen LogP contribution in [0.25, 0.3) is 11.3 Å². The number of hydrogen-bond donors (Lipinski definition) is 2. The minimum Gasteiger partial charge on any atom is -0.316 e. The smallest absolute Gasteiger partial charge is 0.269 e. The molecule has 0 bridgehead atoms. The van der Waals surface area contributed by atoms with Gasteiger partial charge in [0.05, 0.1) is 5.69 Å². The Morgan fingerprint density at radius 1 is 1.24 bits per heavy atom. The fraction of sp³-hybridized carbons (Fsp3) is 0.118. The molecule has 1 aromatic carbocycles. The van der Waals surface area contributed by atoms with Crippen molar-refractivity contribution in [3.8, 4) is 11.3 Å². The fourth-order valence-electron chi connectivity index (χ4n) is 2.52. The van der Waals surface area contributed by atoms with Crippen LogP contribution in [-0.2, 0) is 16.6 Å². The monoisotopic (exact) mass is 377 g/mol. The summed E-state index contributed by atoms with van der Waals surface area (Å²) < 4.78 is 41.5. The van der Waals surface area contributed by atoms with Gasteiger partial charge in [-0.2, -0.15) is 0 Å². The third-order valence-corrected chi connectivity index (χ3v) is 5.51. The number of thiol groups is 1. The zero-order chi connectivity index (χ0) is 18.0. The summed E-state index contributed by atoms with van der Waals surface area (Å²) in [7, 11) is -2.19. The molecule has 0 amide bonds. The number of benzene rings is 1. The SMILES string of the molecule is CNCc1cc(-c2ccccc2F)n(S(=O)(=O)c2cncc(S)c2)c1. The molecular weight excluding hydrogens is 361 g/mol. The Morgan fingerprint density at radius 2 is 2.00 bits per heavy atom. The van der Waals surface area contributed by atoms with Crippen molar-refractivity contribution < 1.29 is 12.8 Å². The van der Waals surface area contributed by atoms with E-state index in [0.29, 0.717) is 11.4 Å². The van der Waals surface area contributed by atoms with Gasteiger partial charge in [0.25, 0.3) is 10.0 Å². The second-order valence-corrected chi connectivity index (χ2v) is 7.75. The summed E-state index contributed by atoms with van der Waals surface area (Å²) in [4.78, 5) is 4.30. The molecule has 0 atom stereocenters. The summed E-state index contributed by atoms with van der Waals surface area (Å²) in [6, 6.07) is 9.14. The van der Waals surface area contributed by atoms with Crippen molar-refractivity contribution in [2.75, 3.05) is 7.05 Å². The van der Waals surface area contributed by atoms with Crippen molar-refractivity contribution in [2.45, 2.75) is 16.3 Å². The van der Waals surface area contributed by atoms with E-state index in [0.717, 1.165) is 9.54 Å². The second-order valence-electron chi connectivity index (χ2n) is 5.42. The van der Waals surface area contributed by atoms with Crippen LogP contribution in [0.2, 0.25) is 0 Å². The minimum atomic E-state index is -3.94. The lowest BCUT2D eigenvalue weighted by Gasteiger charge is -2.11. The van der Waals surface area contributed by atoms with Gasteiger partial charge >= 0.3 is 0 Å². The Bertz CT molecular complexity index is 1020. The third-order valence-electron chi connectivity index (χ3n) is 3.63. The third kappa shape index (κ3) is 3.46. The van der Waals surface area contributed by atoms with Crippen LogP contribution in [0, 0.1) is 5.82 Å². The van der Waals surface area contributed by atoms with Crippen molar-refractivity contribution >= 4 is 22.7 Å². The summed E-state index contributed by atoms with van der Waals surface area (Å²) in [6.45, 7) is 0.453. The maximum atomic E-state index is 14.3. The van der Waals surface area contributed by atoms with Crippen LogP contribution in [0.4, 0.5) is 4.39 Å². The number of aromatic nitrogens is 2. The average molecular weight is 377 g/mol. The van der Waals surface area contributed by atoms with Gasteiger partial charge in [0.1, 0.15) is 10.7 Å². The van der Waals surface area contributed by atoms with Crippen LogP contribution in [0.1, 0.15) is 5.56 Å². The highest BCUT2D eigenvalue weighted by molar-refractivity contribution is 7.90. The van der Waals surface area contributed by atoms with E-state index in [-0.39, 0.29) is 16.2 Å². The zero-order valence-corrected chi connectivity index (χ0v) is 15.1. The fourth-order valence-corrected chi connectivity index (χ4v) is 4.20. The van der Waals surface area contributed by atoms with Gasteiger partial charge in [-0.1, -0.05) is 12.1 Å². The van der Waals surface area contributed by atoms with Crippen LogP contribution in [0.5, 0.6) is 0 Å². The van der Waals surface area contributed by atoms with E-state index in [4.69, 9.17) is 0 Å². The maximum absolute atomic E-state index is 14.3. The van der Waals surface area contributed by atoms with E-state index in [2.05, 4.69) is 22.9 Å². The maximum Gasteiger partial charge on any atom is 0.269 e. The van der Waals surface area contributed by atoms with Gasteiger partial charge in [-0.25, -0.2) is 16.8 Å². The van der Waals surface area contributed by atoms with Crippen LogP contribution in [-0.4, -0.2) is 24.4 Å². The van der Waals surface area contributed by atoms with Crippen molar-refractivity contribution in [1.82, 2.24) is 14.3 Å². The predicted molar refractivity (Wildman–Crippen MR) is 96.7 cm³/mol. The molecule has 3 aromatic rings. The summed E-state index contributed by atoms with van der Waals surface area (Å²) in [5.41, 5.74) is 1.19. The number of nitrogens with zero attached hydrogens (tertiary/aromatic N) is 2. The minimum absolute atomic E-state index is 0.0100. The lowest BCUT2D eigenvalue weighted by molar-refractivity contribution is 0.586. The first kappa shape index (κ1) is 17.7. The van der Waals surface area contributed by atoms with Gasteiger partial charge in [-0.3, -0.25) is 4.98 Å². The van der Waals surface area contributed by atoms with E-state index >= 15 is 0 Å². The predicted octanol–water partition coefficient (Wildman–Crippen LogP) is 2.93. The van der Waals surface area contributed by atoms with E-state index < -0.39 is 15.8 Å². The topological polar surface area (TPSA) is 64.0 Å². The quantitative estimate of drug-likeness (QED) is 0.671. The zero-order valence-electron chi connectivity index (χ0n) is 13.3. The van der Waals surface area contributed by atoms with Crippen molar-refractivity contribution in [3.05, 3.63) is 66.4 Å². The molecule has 0 saturated carbocycles. The first-order chi connectivity index (χ1) is 11.9. The Balaban J connectivity index is 2.23. The molecule has 25 heavy (non-hydrogen) atoms. The van der Waals surface area contributed by atoms with Gasteiger partial charge in [-0.15, -0.1) is 12.6 Å². The highest BCUT2D eigenvalue weighted by atomic mass is 32.2. The Kier molecular flexibility index (Phi) is 4.94. The standard InChI is InChI=1S/C17H16FN3O2S2/c1-19-8-12-6-17(15-4-2-3-5-16(15)18)21(11-12)25(22,23)14-7-13(24)9-20-10-14/h2-7,9-11,19,24H,8H2,1H3. The van der Waals surface area contributed by atoms with Gasteiger partial charge in [0.15, 0.2) is 0 Å². The second kappa shape index (κ2) is 6.99. The molecule has 0 fully saturated rings. The Hall–Kier alpha value is -2.16. The molecule has 0 aliphatic heterocycles. The summed E-state index contributed by atoms with van der Waals surface area (Å²) in [5, 5.41) is 2.96. The van der Waals surface area contributed by atoms with Crippen molar-refractivity contribution in [2.24, 2.45) is 0 Å². The van der Waals surface area contributed by atoms with Crippen LogP contribution < -0.4 is 5.32 Å². The molecule has 0 radical (unpaired) electrons. The number of hydrogen-bond acceptors (Lipinski definition) is 5. The van der Waals surface area contributed by atoms with Crippen LogP contribution in [0.3, 0.4) is 0 Å². The lowest BCUT2D eigenvalue weighted by atomic mass is 10.1. The largest absolute Gasteiger partial charge is 0.316 e. The van der Waals surface area contributed by atoms with E-state index in [9.17, 15) is 12.8 Å². The van der Waals surface area contributed by atoms with Crippen molar-refractivity contribution in [3.63, 3.8) is 0 Å². The highest BCUT2D eigenvalue weighted by Crippen LogP contribution is 2.29. The average Bonchev–Trinajstić information content (AvgIpc) is 3.00. The van der Waals surface area contributed by atoms with E-state index in [1.165, 1.54) is 30.7 Å². The molecule has 2 aromatic heterocycles. The number of nitrogens with one attached hydrogen (secondary N) is 1. The molecular formula is C17H16FN3O2S2. The molecule has 5 nitrogen and oxygen atoms in total. The molecule has 130 valence electrons. The number of pyridine rings is 1. The number of halogens is 1. The van der Waals surface area contributed by atoms with E-state index in [1.807, 2.05) is 0 Å². The summed E-state index contributed by atoms with van der Waals surface area (Å²) >= 11 is 4.14. The highest BCUT2D eigenvalue weighted by Gasteiger charge is 2.23. The first-order valence-corrected chi connectivity index (χ1v) is 9.32. The lowest BCUT2D eigenvalue weighted by Crippen LogP contribution is -2.14. The van der Waals surface area contributed by atoms with Crippen LogP contribution >= 0.6 is 12.6 Å². The normalized spacial score (nSPS) is 11.6. The summed E-state index contributed by atoms with van der Waals surface area (Å²) in [6.07, 6.45) is 4.18. The van der Waals surface area contributed by atoms with E-state index in [1.54, 1.807) is 31.3 Å². The molecule has 0 spiro atoms. The molecule has 0 aliphatic carbocycles. The molecule has 3 rings (SSSR count). The van der Waals surface area contributed by atoms with Gasteiger partial charge < -0.3 is 5.32 Å². The molecule has 0 unspecified atom stereocenters. The Morgan fingerprint density at radius 3 is 2.68 bits per heavy atom. The molecule has 1 N–H and O–H groups in total. The van der Waals surface area contributed by atoms with Gasteiger partial charge in [-0.05, 0) is 36.9 Å². The molecule has 0 saturated heterocycles. The molecule has 8 heteroatoms. The number of rotatable bonds is 5. The molecule has 0 aliphatic rings. The van der Waals surface area contributed by atoms with Crippen LogP contribution in [0.15, 0.2) is 64.8 Å². The van der Waals surface area contributed by atoms with Crippen molar-refractivity contribution in [1.29, 1.82) is 0 Å². The summed E-state index contributed by atoms with van der Waals surface area (Å²) in [5.74, 6) is -0.492.